The van der Waals surface area contributed by atoms with Gasteiger partial charge < -0.3 is 4.57 Å². The van der Waals surface area contributed by atoms with Crippen LogP contribution in [0.4, 0.5) is 0 Å². The molecule has 0 aliphatic heterocycles. The van der Waals surface area contributed by atoms with E-state index in [1.165, 1.54) is 5.52 Å². The summed E-state index contributed by atoms with van der Waals surface area (Å²) < 4.78 is 4.50. The van der Waals surface area contributed by atoms with E-state index in [0.29, 0.717) is 16.6 Å². The normalized spacial score (nSPS) is 19.0. The van der Waals surface area contributed by atoms with Crippen molar-refractivity contribution in [1.29, 1.82) is 0 Å². The Morgan fingerprint density at radius 1 is 1.04 bits per heavy atom. The number of hydrogen-bond donors (Lipinski definition) is 0. The van der Waals surface area contributed by atoms with Crippen LogP contribution < -0.4 is 0 Å². The van der Waals surface area contributed by atoms with Crippen molar-refractivity contribution in [3.63, 3.8) is 0 Å². The van der Waals surface area contributed by atoms with Gasteiger partial charge in [-0.05, 0) is 48.3 Å². The molecule has 3 aromatic heterocycles. The number of fused-ring (bicyclic) bond motifs is 1. The first-order chi connectivity index (χ1) is 13.0. The topological polar surface area (TPSA) is 74.3 Å². The average molecular weight is 424 g/mol. The molecule has 0 saturated heterocycles. The van der Waals surface area contributed by atoms with E-state index in [1.54, 1.807) is 4.68 Å². The number of aromatic nitrogens is 7. The number of aryl methyl sites for hydroxylation is 3. The van der Waals surface area contributed by atoms with Crippen molar-refractivity contribution in [1.82, 2.24) is 34.3 Å². The Morgan fingerprint density at radius 2 is 1.85 bits per heavy atom. The Bertz CT molecular complexity index is 1180. The van der Waals surface area contributed by atoms with Crippen LogP contribution in [0.1, 0.15) is 41.4 Å². The zero-order valence-corrected chi connectivity index (χ0v) is 16.8. The number of para-hydroxylation sites is 2. The van der Waals surface area contributed by atoms with Crippen LogP contribution in [0.25, 0.3) is 16.9 Å². The first-order valence-corrected chi connectivity index (χ1v) is 9.67. The van der Waals surface area contributed by atoms with Crippen LogP contribution in [0.5, 0.6) is 0 Å². The molecule has 1 fully saturated rings. The maximum absolute atomic E-state index is 4.86. The van der Waals surface area contributed by atoms with Crippen LogP contribution in [0.2, 0.25) is 0 Å². The summed E-state index contributed by atoms with van der Waals surface area (Å²) in [6, 6.07) is 10.3. The molecule has 5 rings (SSSR count). The fraction of sp³-hybridized carbons (Fsp3) is 0.316. The minimum Gasteiger partial charge on any atom is -0.331 e. The standard InChI is InChI=1S/C19H18BrN7/c1-10-21-15(9-17(22-10)27-11(2)23-19(20)25-27)12-8-13(12)18-24-14-6-4-5-7-16(14)26(18)3/h4-7,9,12-13H,8H2,1-3H3. The first kappa shape index (κ1) is 16.6. The summed E-state index contributed by atoms with van der Waals surface area (Å²) in [5.74, 6) is 4.14. The molecule has 0 bridgehead atoms. The van der Waals surface area contributed by atoms with Gasteiger partial charge in [-0.15, -0.1) is 5.10 Å². The molecule has 0 amide bonds. The van der Waals surface area contributed by atoms with Crippen LogP contribution in [-0.4, -0.2) is 34.3 Å². The van der Waals surface area contributed by atoms with Gasteiger partial charge in [0.15, 0.2) is 5.82 Å². The van der Waals surface area contributed by atoms with Crippen molar-refractivity contribution in [2.45, 2.75) is 32.1 Å². The van der Waals surface area contributed by atoms with Gasteiger partial charge in [0.2, 0.25) is 4.73 Å². The number of hydrogen-bond acceptors (Lipinski definition) is 5. The second-order valence-electron chi connectivity index (χ2n) is 7.00. The van der Waals surface area contributed by atoms with E-state index in [1.807, 2.05) is 26.0 Å². The van der Waals surface area contributed by atoms with E-state index in [4.69, 9.17) is 9.97 Å². The Labute approximate surface area is 164 Å². The summed E-state index contributed by atoms with van der Waals surface area (Å²) in [6.45, 7) is 3.83. The molecule has 136 valence electrons. The molecule has 1 aromatic carbocycles. The van der Waals surface area contributed by atoms with Crippen LogP contribution >= 0.6 is 15.9 Å². The Morgan fingerprint density at radius 3 is 2.59 bits per heavy atom. The number of benzene rings is 1. The number of imidazole rings is 1. The zero-order valence-electron chi connectivity index (χ0n) is 15.3. The predicted molar refractivity (Wildman–Crippen MR) is 105 cm³/mol. The summed E-state index contributed by atoms with van der Waals surface area (Å²) in [7, 11) is 2.09. The molecule has 0 N–H and O–H groups in total. The highest BCUT2D eigenvalue weighted by atomic mass is 79.9. The third-order valence-electron chi connectivity index (χ3n) is 5.13. The molecule has 2 atom stereocenters. The second kappa shape index (κ2) is 5.95. The number of nitrogens with zero attached hydrogens (tertiary/aromatic N) is 7. The van der Waals surface area contributed by atoms with Gasteiger partial charge in [0.25, 0.3) is 0 Å². The Hall–Kier alpha value is -2.61. The SMILES string of the molecule is Cc1nc(C2CC2c2nc3ccccc3n2C)cc(-n2nc(Br)nc2C)n1. The Kier molecular flexibility index (Phi) is 3.65. The summed E-state index contributed by atoms with van der Waals surface area (Å²) in [5.41, 5.74) is 3.25. The maximum atomic E-state index is 4.86. The van der Waals surface area contributed by atoms with Crippen molar-refractivity contribution in [2.24, 2.45) is 7.05 Å². The second-order valence-corrected chi connectivity index (χ2v) is 7.71. The van der Waals surface area contributed by atoms with Crippen LogP contribution in [0.15, 0.2) is 35.1 Å². The summed E-state index contributed by atoms with van der Waals surface area (Å²) >= 11 is 3.33. The van der Waals surface area contributed by atoms with Crippen LogP contribution in [0, 0.1) is 13.8 Å². The van der Waals surface area contributed by atoms with E-state index in [0.717, 1.165) is 40.9 Å². The lowest BCUT2D eigenvalue weighted by Crippen LogP contribution is -2.06. The highest BCUT2D eigenvalue weighted by molar-refractivity contribution is 9.10. The van der Waals surface area contributed by atoms with Gasteiger partial charge >= 0.3 is 0 Å². The molecule has 8 heteroatoms. The minimum atomic E-state index is 0.355. The van der Waals surface area contributed by atoms with Crippen molar-refractivity contribution in [2.75, 3.05) is 0 Å². The van der Waals surface area contributed by atoms with E-state index < -0.39 is 0 Å². The van der Waals surface area contributed by atoms with E-state index >= 15 is 0 Å². The molecular weight excluding hydrogens is 406 g/mol. The van der Waals surface area contributed by atoms with Gasteiger partial charge in [0, 0.05) is 24.9 Å². The zero-order chi connectivity index (χ0) is 18.7. The van der Waals surface area contributed by atoms with Gasteiger partial charge in [-0.3, -0.25) is 0 Å². The summed E-state index contributed by atoms with van der Waals surface area (Å²) in [6.07, 6.45) is 1.05. The van der Waals surface area contributed by atoms with Crippen LogP contribution in [-0.2, 0) is 7.05 Å². The fourth-order valence-corrected chi connectivity index (χ4v) is 4.17. The highest BCUT2D eigenvalue weighted by Gasteiger charge is 2.44. The van der Waals surface area contributed by atoms with Crippen molar-refractivity contribution in [3.8, 4) is 5.82 Å². The largest absolute Gasteiger partial charge is 0.331 e. The molecule has 7 nitrogen and oxygen atoms in total. The Balaban J connectivity index is 1.51. The van der Waals surface area contributed by atoms with E-state index in [-0.39, 0.29) is 0 Å². The molecule has 0 radical (unpaired) electrons. The molecular formula is C19H18BrN7. The lowest BCUT2D eigenvalue weighted by atomic mass is 10.2. The third-order valence-corrected chi connectivity index (χ3v) is 5.46. The lowest BCUT2D eigenvalue weighted by molar-refractivity contribution is 0.770. The van der Waals surface area contributed by atoms with Crippen molar-refractivity contribution in [3.05, 3.63) is 58.2 Å². The number of halogens is 1. The molecule has 4 aromatic rings. The van der Waals surface area contributed by atoms with Gasteiger partial charge in [0.1, 0.15) is 17.5 Å². The summed E-state index contributed by atoms with van der Waals surface area (Å²) in [5, 5.41) is 4.38. The van der Waals surface area contributed by atoms with Crippen molar-refractivity contribution < 1.29 is 0 Å². The van der Waals surface area contributed by atoms with Gasteiger partial charge in [-0.2, -0.15) is 4.68 Å². The average Bonchev–Trinajstić information content (AvgIpc) is 3.27. The molecule has 1 aliphatic carbocycles. The molecule has 3 heterocycles. The predicted octanol–water partition coefficient (Wildman–Crippen LogP) is 3.59. The molecule has 0 spiro atoms. The molecule has 2 unspecified atom stereocenters. The molecule has 1 saturated carbocycles. The smallest absolute Gasteiger partial charge is 0.218 e. The number of rotatable bonds is 3. The lowest BCUT2D eigenvalue weighted by Gasteiger charge is -2.07. The third kappa shape index (κ3) is 2.75. The van der Waals surface area contributed by atoms with E-state index in [9.17, 15) is 0 Å². The van der Waals surface area contributed by atoms with Gasteiger partial charge in [0.05, 0.1) is 16.7 Å². The van der Waals surface area contributed by atoms with Gasteiger partial charge in [-0.1, -0.05) is 12.1 Å². The van der Waals surface area contributed by atoms with E-state index in [2.05, 4.69) is 60.8 Å². The first-order valence-electron chi connectivity index (χ1n) is 8.87. The summed E-state index contributed by atoms with van der Waals surface area (Å²) in [4.78, 5) is 18.4. The van der Waals surface area contributed by atoms with Crippen molar-refractivity contribution >= 4 is 27.0 Å². The monoisotopic (exact) mass is 423 g/mol. The quantitative estimate of drug-likeness (QED) is 0.503. The fourth-order valence-electron chi connectivity index (χ4n) is 3.75. The molecule has 1 aliphatic rings. The molecule has 27 heavy (non-hydrogen) atoms. The highest BCUT2D eigenvalue weighted by Crippen LogP contribution is 2.54. The van der Waals surface area contributed by atoms with Gasteiger partial charge in [-0.25, -0.2) is 19.9 Å². The maximum Gasteiger partial charge on any atom is 0.218 e. The minimum absolute atomic E-state index is 0.355. The van der Waals surface area contributed by atoms with Crippen LogP contribution in [0.3, 0.4) is 0 Å².